The van der Waals surface area contributed by atoms with Crippen LogP contribution >= 0.6 is 15.9 Å². The summed E-state index contributed by atoms with van der Waals surface area (Å²) in [6.45, 7) is 17.2. The number of imide groups is 1. The van der Waals surface area contributed by atoms with Gasteiger partial charge in [-0.25, -0.2) is 23.7 Å². The zero-order chi connectivity index (χ0) is 39.3. The van der Waals surface area contributed by atoms with Crippen LogP contribution < -0.4 is 9.80 Å². The number of pyridine rings is 1. The fourth-order valence-corrected chi connectivity index (χ4v) is 5.65. The highest BCUT2D eigenvalue weighted by molar-refractivity contribution is 9.10. The maximum absolute atomic E-state index is 14.9. The molecule has 286 valence electrons. The maximum atomic E-state index is 14.9. The number of carbonyl (C=O) groups is 4. The highest BCUT2D eigenvalue weighted by Crippen LogP contribution is 2.26. The first-order valence-corrected chi connectivity index (χ1v) is 18.1. The van der Waals surface area contributed by atoms with E-state index in [-0.39, 0.29) is 35.8 Å². The van der Waals surface area contributed by atoms with Gasteiger partial charge in [0.15, 0.2) is 0 Å². The molecule has 1 aliphatic heterocycles. The lowest BCUT2D eigenvalue weighted by molar-refractivity contribution is -0.000313. The highest BCUT2D eigenvalue weighted by atomic mass is 79.9. The summed E-state index contributed by atoms with van der Waals surface area (Å²) in [5.41, 5.74) is -0.0728. The summed E-state index contributed by atoms with van der Waals surface area (Å²) in [6.07, 6.45) is 0.559. The van der Waals surface area contributed by atoms with E-state index >= 15 is 0 Å². The first kappa shape index (κ1) is 41.0. The molecule has 2 heterocycles. The third kappa shape index (κ3) is 12.2. The Bertz CT molecular complexity index is 1780. The van der Waals surface area contributed by atoms with E-state index in [1.165, 1.54) is 23.4 Å². The molecule has 4 amide bonds. The van der Waals surface area contributed by atoms with Crippen molar-refractivity contribution in [3.05, 3.63) is 87.9 Å². The second-order valence-corrected chi connectivity index (χ2v) is 16.6. The molecule has 0 saturated carbocycles. The Kier molecular flexibility index (Phi) is 12.8. The number of carbonyl (C=O) groups excluding carboxylic acids is 4. The first-order chi connectivity index (χ1) is 24.6. The Labute approximate surface area is 319 Å². The molecule has 1 saturated heterocycles. The van der Waals surface area contributed by atoms with Crippen molar-refractivity contribution in [3.8, 4) is 0 Å². The minimum Gasteiger partial charge on any atom is -0.443 e. The molecule has 0 atom stereocenters. The standard InChI is InChI=1S/C39H49BrFN5O7/c1-37(2,3)51-34(48)45(25-27-13-14-29(40)21-32(27)41)31-20-28(22-42-23-31)33(47)44-17-15-43(16-18-44)30-12-10-11-26(19-30)24-46(35(49)52-38(4,5)6)36(50)53-39(7,8)9/h10-14,19-23H,15-18,24-25H2,1-9H3. The summed E-state index contributed by atoms with van der Waals surface area (Å²) in [6, 6.07) is 13.6. The number of amides is 4. The van der Waals surface area contributed by atoms with Gasteiger partial charge in [-0.1, -0.05) is 34.1 Å². The summed E-state index contributed by atoms with van der Waals surface area (Å²) < 4.78 is 32.1. The monoisotopic (exact) mass is 797 g/mol. The largest absolute Gasteiger partial charge is 0.443 e. The van der Waals surface area contributed by atoms with Crippen LogP contribution in [0.2, 0.25) is 0 Å². The van der Waals surface area contributed by atoms with Gasteiger partial charge >= 0.3 is 18.3 Å². The first-order valence-electron chi connectivity index (χ1n) is 17.3. The van der Waals surface area contributed by atoms with E-state index in [1.54, 1.807) is 85.4 Å². The van der Waals surface area contributed by atoms with Gasteiger partial charge in [0.1, 0.15) is 22.6 Å². The van der Waals surface area contributed by atoms with Crippen LogP contribution in [0.25, 0.3) is 0 Å². The van der Waals surface area contributed by atoms with E-state index < -0.39 is 40.9 Å². The Morgan fingerprint density at radius 1 is 0.755 bits per heavy atom. The summed E-state index contributed by atoms with van der Waals surface area (Å²) in [7, 11) is 0. The molecular weight excluding hydrogens is 749 g/mol. The Balaban J connectivity index is 1.48. The summed E-state index contributed by atoms with van der Waals surface area (Å²) in [5.74, 6) is -0.767. The van der Waals surface area contributed by atoms with Gasteiger partial charge in [0, 0.05) is 48.1 Å². The summed E-state index contributed by atoms with van der Waals surface area (Å²) in [5, 5.41) is 0. The van der Waals surface area contributed by atoms with Gasteiger partial charge < -0.3 is 24.0 Å². The van der Waals surface area contributed by atoms with Gasteiger partial charge in [0.05, 0.1) is 30.5 Å². The van der Waals surface area contributed by atoms with Gasteiger partial charge in [-0.3, -0.25) is 14.7 Å². The van der Waals surface area contributed by atoms with Crippen LogP contribution in [0.5, 0.6) is 0 Å². The molecule has 14 heteroatoms. The number of aromatic nitrogens is 1. The number of ether oxygens (including phenoxy) is 3. The van der Waals surface area contributed by atoms with Gasteiger partial charge in [-0.2, -0.15) is 0 Å². The van der Waals surface area contributed by atoms with Crippen LogP contribution in [-0.4, -0.2) is 82.0 Å². The van der Waals surface area contributed by atoms with Gasteiger partial charge in [-0.05, 0) is 98.2 Å². The molecule has 4 rings (SSSR count). The average Bonchev–Trinajstić information content (AvgIpc) is 3.04. The van der Waals surface area contributed by atoms with Crippen molar-refractivity contribution in [3.63, 3.8) is 0 Å². The molecule has 3 aromatic rings. The molecule has 0 bridgehead atoms. The molecular formula is C39H49BrFN5O7. The topological polar surface area (TPSA) is 122 Å². The molecule has 1 fully saturated rings. The number of halogens is 2. The van der Waals surface area contributed by atoms with Crippen molar-refractivity contribution >= 4 is 51.5 Å². The third-order valence-electron chi connectivity index (χ3n) is 7.65. The van der Waals surface area contributed by atoms with Crippen molar-refractivity contribution in [1.82, 2.24) is 14.8 Å². The zero-order valence-corrected chi connectivity index (χ0v) is 33.5. The van der Waals surface area contributed by atoms with Crippen molar-refractivity contribution in [1.29, 1.82) is 0 Å². The second-order valence-electron chi connectivity index (χ2n) is 15.7. The zero-order valence-electron chi connectivity index (χ0n) is 31.9. The van der Waals surface area contributed by atoms with E-state index in [0.717, 1.165) is 10.6 Å². The lowest BCUT2D eigenvalue weighted by Gasteiger charge is -2.36. The van der Waals surface area contributed by atoms with Crippen molar-refractivity contribution in [2.24, 2.45) is 0 Å². The fourth-order valence-electron chi connectivity index (χ4n) is 5.31. The van der Waals surface area contributed by atoms with E-state index in [4.69, 9.17) is 14.2 Å². The molecule has 1 aromatic heterocycles. The number of nitrogens with zero attached hydrogens (tertiary/aromatic N) is 5. The lowest BCUT2D eigenvalue weighted by Crippen LogP contribution is -2.49. The molecule has 0 aliphatic carbocycles. The predicted octanol–water partition coefficient (Wildman–Crippen LogP) is 8.56. The predicted molar refractivity (Wildman–Crippen MR) is 203 cm³/mol. The summed E-state index contributed by atoms with van der Waals surface area (Å²) in [4.78, 5) is 63.5. The van der Waals surface area contributed by atoms with E-state index in [2.05, 4.69) is 25.8 Å². The number of hydrogen-bond donors (Lipinski definition) is 0. The van der Waals surface area contributed by atoms with E-state index in [1.807, 2.05) is 24.3 Å². The SMILES string of the molecule is CC(C)(C)OC(=O)N(Cc1cccc(N2CCN(C(=O)c3cncc(N(Cc4ccc(Br)cc4F)C(=O)OC(C)(C)C)c3)CC2)c1)C(=O)OC(C)(C)C. The second kappa shape index (κ2) is 16.5. The molecule has 0 unspecified atom stereocenters. The van der Waals surface area contributed by atoms with Gasteiger partial charge in [-0.15, -0.1) is 0 Å². The van der Waals surface area contributed by atoms with Crippen LogP contribution in [0, 0.1) is 5.82 Å². The quantitative estimate of drug-likeness (QED) is 0.217. The lowest BCUT2D eigenvalue weighted by atomic mass is 10.1. The molecule has 0 spiro atoms. The van der Waals surface area contributed by atoms with E-state index in [9.17, 15) is 23.6 Å². The molecule has 2 aromatic carbocycles. The number of anilines is 2. The van der Waals surface area contributed by atoms with Gasteiger partial charge in [0.25, 0.3) is 5.91 Å². The molecule has 53 heavy (non-hydrogen) atoms. The average molecular weight is 799 g/mol. The number of piperazine rings is 1. The van der Waals surface area contributed by atoms with Crippen LogP contribution in [0.15, 0.2) is 65.4 Å². The maximum Gasteiger partial charge on any atom is 0.420 e. The number of hydrogen-bond acceptors (Lipinski definition) is 9. The normalized spacial score (nSPS) is 13.6. The van der Waals surface area contributed by atoms with Crippen molar-refractivity contribution in [2.45, 2.75) is 92.2 Å². The summed E-state index contributed by atoms with van der Waals surface area (Å²) >= 11 is 3.26. The van der Waals surface area contributed by atoms with Crippen LogP contribution in [0.4, 0.5) is 30.1 Å². The van der Waals surface area contributed by atoms with Crippen molar-refractivity contribution < 1.29 is 37.8 Å². The minimum absolute atomic E-state index is 0.0613. The Morgan fingerprint density at radius 3 is 1.91 bits per heavy atom. The van der Waals surface area contributed by atoms with Crippen LogP contribution in [-0.2, 0) is 27.3 Å². The molecule has 0 N–H and O–H groups in total. The number of benzene rings is 2. The van der Waals surface area contributed by atoms with Crippen LogP contribution in [0.3, 0.4) is 0 Å². The molecule has 12 nitrogen and oxygen atoms in total. The third-order valence-corrected chi connectivity index (χ3v) is 8.14. The smallest absolute Gasteiger partial charge is 0.420 e. The number of rotatable bonds is 7. The van der Waals surface area contributed by atoms with E-state index in [0.29, 0.717) is 36.2 Å². The minimum atomic E-state index is -0.816. The molecule has 1 aliphatic rings. The van der Waals surface area contributed by atoms with Gasteiger partial charge in [0.2, 0.25) is 0 Å². The molecule has 0 radical (unpaired) electrons. The van der Waals surface area contributed by atoms with Crippen LogP contribution in [0.1, 0.15) is 83.8 Å². The Morgan fingerprint density at radius 2 is 1.34 bits per heavy atom. The fraction of sp³-hybridized carbons (Fsp3) is 0.462. The Hall–Kier alpha value is -4.72. The highest BCUT2D eigenvalue weighted by Gasteiger charge is 2.32. The van der Waals surface area contributed by atoms with Crippen molar-refractivity contribution in [2.75, 3.05) is 36.0 Å².